The maximum absolute atomic E-state index is 12.8. The van der Waals surface area contributed by atoms with E-state index in [0.29, 0.717) is 12.4 Å². The van der Waals surface area contributed by atoms with Gasteiger partial charge in [-0.15, -0.1) is 0 Å². The number of hydrogen-bond acceptors (Lipinski definition) is 5. The number of aromatic amines is 1. The van der Waals surface area contributed by atoms with Gasteiger partial charge in [0.05, 0.1) is 12.8 Å². The molecule has 1 saturated heterocycles. The quantitative estimate of drug-likeness (QED) is 0.707. The summed E-state index contributed by atoms with van der Waals surface area (Å²) < 4.78 is 5.24. The lowest BCUT2D eigenvalue weighted by atomic mass is 10.0. The largest absolute Gasteiger partial charge is 0.497 e. The minimum atomic E-state index is -0.0457. The summed E-state index contributed by atoms with van der Waals surface area (Å²) in [6.07, 6.45) is 0.597. The minimum absolute atomic E-state index is 0.0457. The van der Waals surface area contributed by atoms with Crippen LogP contribution in [0.15, 0.2) is 53.3 Å². The van der Waals surface area contributed by atoms with E-state index in [-0.39, 0.29) is 5.56 Å². The number of H-pyrrole nitrogens is 1. The van der Waals surface area contributed by atoms with E-state index < -0.39 is 0 Å². The molecule has 0 saturated carbocycles. The zero-order valence-corrected chi connectivity index (χ0v) is 17.8. The van der Waals surface area contributed by atoms with Crippen molar-refractivity contribution in [3.8, 4) is 5.75 Å². The number of methoxy groups -OCH3 is 1. The second-order valence-corrected chi connectivity index (χ2v) is 7.79. The highest BCUT2D eigenvalue weighted by atomic mass is 16.5. The molecule has 4 rings (SSSR count). The second-order valence-electron chi connectivity index (χ2n) is 7.79. The lowest BCUT2D eigenvalue weighted by Gasteiger charge is -2.36. The van der Waals surface area contributed by atoms with Crippen molar-refractivity contribution < 1.29 is 4.74 Å². The van der Waals surface area contributed by atoms with Crippen molar-refractivity contribution in [2.75, 3.05) is 43.1 Å². The van der Waals surface area contributed by atoms with Crippen LogP contribution in [0.5, 0.6) is 5.75 Å². The van der Waals surface area contributed by atoms with E-state index in [4.69, 9.17) is 9.72 Å². The molecule has 2 heterocycles. The van der Waals surface area contributed by atoms with Crippen LogP contribution in [-0.2, 0) is 6.42 Å². The molecule has 1 aromatic heterocycles. The Morgan fingerprint density at radius 2 is 1.57 bits per heavy atom. The van der Waals surface area contributed by atoms with Crippen LogP contribution in [0.2, 0.25) is 0 Å². The number of aromatic nitrogens is 2. The first-order valence-corrected chi connectivity index (χ1v) is 10.3. The third kappa shape index (κ3) is 4.32. The van der Waals surface area contributed by atoms with E-state index in [9.17, 15) is 4.79 Å². The fourth-order valence-corrected chi connectivity index (χ4v) is 3.83. The third-order valence-electron chi connectivity index (χ3n) is 5.73. The summed E-state index contributed by atoms with van der Waals surface area (Å²) in [5, 5.41) is 0. The predicted octanol–water partition coefficient (Wildman–Crippen LogP) is 3.31. The Hall–Kier alpha value is -3.28. The number of nitrogens with zero attached hydrogens (tertiary/aromatic N) is 3. The first-order chi connectivity index (χ1) is 14.5. The van der Waals surface area contributed by atoms with Crippen molar-refractivity contribution in [2.24, 2.45) is 0 Å². The molecule has 1 N–H and O–H groups in total. The molecule has 0 spiro atoms. The lowest BCUT2D eigenvalue weighted by Crippen LogP contribution is -2.47. The van der Waals surface area contributed by atoms with Crippen LogP contribution in [0.3, 0.4) is 0 Å². The summed E-state index contributed by atoms with van der Waals surface area (Å²) in [6.45, 7) is 7.36. The van der Waals surface area contributed by atoms with Gasteiger partial charge in [0, 0.05) is 43.9 Å². The molecule has 0 unspecified atom stereocenters. The van der Waals surface area contributed by atoms with Crippen LogP contribution in [-0.4, -0.2) is 43.3 Å². The van der Waals surface area contributed by atoms with Crippen LogP contribution in [0, 0.1) is 13.8 Å². The molecule has 0 aliphatic carbocycles. The molecule has 1 aliphatic rings. The maximum atomic E-state index is 12.8. The molecule has 1 fully saturated rings. The standard InChI is InChI=1S/C24H28N4O2/c1-17-4-6-19(7-5-17)16-22-18(2)25-24(26-23(22)29)28-14-12-27(13-15-28)20-8-10-21(30-3)11-9-20/h4-11H,12-16H2,1-3H3,(H,25,26,29). The molecule has 3 aromatic rings. The van der Waals surface area contributed by atoms with Crippen LogP contribution in [0.1, 0.15) is 22.4 Å². The van der Waals surface area contributed by atoms with Crippen molar-refractivity contribution in [3.05, 3.63) is 81.3 Å². The van der Waals surface area contributed by atoms with E-state index in [1.165, 1.54) is 11.3 Å². The Kier molecular flexibility index (Phi) is 5.74. The van der Waals surface area contributed by atoms with Crippen molar-refractivity contribution in [3.63, 3.8) is 0 Å². The van der Waals surface area contributed by atoms with Crippen LogP contribution < -0.4 is 20.1 Å². The molecule has 30 heavy (non-hydrogen) atoms. The number of rotatable bonds is 5. The van der Waals surface area contributed by atoms with Gasteiger partial charge in [-0.25, -0.2) is 4.98 Å². The van der Waals surface area contributed by atoms with Gasteiger partial charge in [-0.3, -0.25) is 9.78 Å². The Bertz CT molecular complexity index is 1050. The van der Waals surface area contributed by atoms with Crippen LogP contribution in [0.25, 0.3) is 0 Å². The van der Waals surface area contributed by atoms with Crippen molar-refractivity contribution >= 4 is 11.6 Å². The molecule has 6 nitrogen and oxygen atoms in total. The first-order valence-electron chi connectivity index (χ1n) is 10.3. The molecule has 2 aromatic carbocycles. The zero-order valence-electron chi connectivity index (χ0n) is 17.8. The van der Waals surface area contributed by atoms with Crippen molar-refractivity contribution in [1.82, 2.24) is 9.97 Å². The third-order valence-corrected chi connectivity index (χ3v) is 5.73. The van der Waals surface area contributed by atoms with E-state index in [0.717, 1.165) is 48.7 Å². The summed E-state index contributed by atoms with van der Waals surface area (Å²) in [7, 11) is 1.68. The predicted molar refractivity (Wildman–Crippen MR) is 121 cm³/mol. The maximum Gasteiger partial charge on any atom is 0.256 e. The van der Waals surface area contributed by atoms with Gasteiger partial charge in [0.15, 0.2) is 0 Å². The van der Waals surface area contributed by atoms with Crippen molar-refractivity contribution in [2.45, 2.75) is 20.3 Å². The second kappa shape index (κ2) is 8.61. The van der Waals surface area contributed by atoms with Crippen LogP contribution >= 0.6 is 0 Å². The van der Waals surface area contributed by atoms with Gasteiger partial charge in [0.2, 0.25) is 5.95 Å². The molecule has 156 valence electrons. The molecule has 1 aliphatic heterocycles. The molecular formula is C24H28N4O2. The van der Waals surface area contributed by atoms with E-state index in [1.807, 2.05) is 19.1 Å². The summed E-state index contributed by atoms with van der Waals surface area (Å²) in [4.78, 5) is 25.0. The van der Waals surface area contributed by atoms with E-state index in [1.54, 1.807) is 7.11 Å². The summed E-state index contributed by atoms with van der Waals surface area (Å²) in [6, 6.07) is 16.4. The molecule has 0 bridgehead atoms. The fraction of sp³-hybridized carbons (Fsp3) is 0.333. The van der Waals surface area contributed by atoms with Gasteiger partial charge >= 0.3 is 0 Å². The summed E-state index contributed by atoms with van der Waals surface area (Å²) in [5.41, 5.74) is 5.01. The van der Waals surface area contributed by atoms with Crippen molar-refractivity contribution in [1.29, 1.82) is 0 Å². The first kappa shape index (κ1) is 20.0. The summed E-state index contributed by atoms with van der Waals surface area (Å²) >= 11 is 0. The number of benzene rings is 2. The fourth-order valence-electron chi connectivity index (χ4n) is 3.83. The van der Waals surface area contributed by atoms with Gasteiger partial charge in [0.25, 0.3) is 5.56 Å². The van der Waals surface area contributed by atoms with E-state index >= 15 is 0 Å². The Balaban J connectivity index is 1.44. The van der Waals surface area contributed by atoms with E-state index in [2.05, 4.69) is 58.1 Å². The highest BCUT2D eigenvalue weighted by Gasteiger charge is 2.20. The lowest BCUT2D eigenvalue weighted by molar-refractivity contribution is 0.415. The van der Waals surface area contributed by atoms with Gasteiger partial charge < -0.3 is 14.5 Å². The van der Waals surface area contributed by atoms with Crippen LogP contribution in [0.4, 0.5) is 11.6 Å². The Morgan fingerprint density at radius 3 is 2.17 bits per heavy atom. The molecule has 0 amide bonds. The normalized spacial score (nSPS) is 14.1. The highest BCUT2D eigenvalue weighted by Crippen LogP contribution is 2.22. The molecule has 6 heteroatoms. The molecular weight excluding hydrogens is 376 g/mol. The Labute approximate surface area is 177 Å². The Morgan fingerprint density at radius 1 is 0.933 bits per heavy atom. The number of hydrogen-bond donors (Lipinski definition) is 1. The number of piperazine rings is 1. The number of aryl methyl sites for hydroxylation is 2. The zero-order chi connectivity index (χ0) is 21.1. The smallest absolute Gasteiger partial charge is 0.256 e. The van der Waals surface area contributed by atoms with Gasteiger partial charge in [-0.2, -0.15) is 0 Å². The van der Waals surface area contributed by atoms with Gasteiger partial charge in [0.1, 0.15) is 5.75 Å². The monoisotopic (exact) mass is 404 g/mol. The average molecular weight is 405 g/mol. The number of anilines is 2. The SMILES string of the molecule is COc1ccc(N2CCN(c3nc(C)c(Cc4ccc(C)cc4)c(=O)[nH]3)CC2)cc1. The summed E-state index contributed by atoms with van der Waals surface area (Å²) in [5.74, 6) is 1.53. The van der Waals surface area contributed by atoms with Gasteiger partial charge in [-0.05, 0) is 43.7 Å². The highest BCUT2D eigenvalue weighted by molar-refractivity contribution is 5.51. The molecule has 0 atom stereocenters. The topological polar surface area (TPSA) is 61.5 Å². The number of nitrogens with one attached hydrogen (secondary N) is 1. The van der Waals surface area contributed by atoms with Gasteiger partial charge in [-0.1, -0.05) is 29.8 Å². The minimum Gasteiger partial charge on any atom is -0.497 e. The number of ether oxygens (including phenoxy) is 1. The average Bonchev–Trinajstić information content (AvgIpc) is 2.77. The molecule has 0 radical (unpaired) electrons.